The Hall–Kier alpha value is -3.53. The van der Waals surface area contributed by atoms with Crippen LogP contribution in [0.25, 0.3) is 10.9 Å². The Morgan fingerprint density at radius 3 is 2.43 bits per heavy atom. The number of carboxylic acid groups (broad SMARTS) is 1. The van der Waals surface area contributed by atoms with Crippen molar-refractivity contribution in [1.82, 2.24) is 4.57 Å². The molecule has 3 aromatic carbocycles. The van der Waals surface area contributed by atoms with Crippen LogP contribution in [0.5, 0.6) is 5.75 Å². The summed E-state index contributed by atoms with van der Waals surface area (Å²) in [4.78, 5) is 12.1. The number of carboxylic acids is 1. The van der Waals surface area contributed by atoms with Gasteiger partial charge in [-0.1, -0.05) is 66.2 Å². The number of benzene rings is 3. The van der Waals surface area contributed by atoms with Gasteiger partial charge in [0.2, 0.25) is 0 Å². The third-order valence-electron chi connectivity index (χ3n) is 5.41. The van der Waals surface area contributed by atoms with Gasteiger partial charge in [-0.15, -0.1) is 0 Å². The average Bonchev–Trinajstić information content (AvgIpc) is 3.19. The first kappa shape index (κ1) is 19.8. The molecule has 0 saturated carbocycles. The van der Waals surface area contributed by atoms with Crippen molar-refractivity contribution in [3.8, 4) is 5.75 Å². The molecule has 1 N–H and O–H groups in total. The van der Waals surface area contributed by atoms with Crippen LogP contribution in [0.15, 0.2) is 85.1 Å². The second-order valence-electron chi connectivity index (χ2n) is 7.56. The van der Waals surface area contributed by atoms with Crippen molar-refractivity contribution in [2.75, 3.05) is 0 Å². The number of aryl methyl sites for hydroxylation is 2. The summed E-state index contributed by atoms with van der Waals surface area (Å²) < 4.78 is 7.89. The zero-order chi connectivity index (χ0) is 20.9. The fourth-order valence-corrected chi connectivity index (χ4v) is 3.73. The van der Waals surface area contributed by atoms with E-state index in [0.717, 1.165) is 27.8 Å². The Morgan fingerprint density at radius 2 is 1.70 bits per heavy atom. The first-order chi connectivity index (χ1) is 14.6. The summed E-state index contributed by atoms with van der Waals surface area (Å²) in [6.45, 7) is 2.52. The highest BCUT2D eigenvalue weighted by atomic mass is 16.5. The molecule has 1 heterocycles. The molecule has 152 valence electrons. The number of carbonyl (C=O) groups is 1. The number of aliphatic carboxylic acids is 1. The van der Waals surface area contributed by atoms with Crippen LogP contribution in [0.2, 0.25) is 0 Å². The van der Waals surface area contributed by atoms with Crippen molar-refractivity contribution in [2.45, 2.75) is 32.4 Å². The molecule has 0 aliphatic carbocycles. The minimum Gasteiger partial charge on any atom is -0.488 e. The number of aromatic nitrogens is 1. The van der Waals surface area contributed by atoms with E-state index in [1.165, 1.54) is 5.56 Å². The predicted molar refractivity (Wildman–Crippen MR) is 119 cm³/mol. The van der Waals surface area contributed by atoms with E-state index in [0.29, 0.717) is 19.4 Å². The van der Waals surface area contributed by atoms with Gasteiger partial charge in [0.05, 0.1) is 5.52 Å². The molecule has 0 aliphatic rings. The lowest BCUT2D eigenvalue weighted by Gasteiger charge is -2.16. The van der Waals surface area contributed by atoms with E-state index in [4.69, 9.17) is 4.74 Å². The van der Waals surface area contributed by atoms with Crippen molar-refractivity contribution in [3.63, 3.8) is 0 Å². The first-order valence-electron chi connectivity index (χ1n) is 10.2. The number of hydrogen-bond donors (Lipinski definition) is 1. The van der Waals surface area contributed by atoms with Gasteiger partial charge in [0, 0.05) is 11.6 Å². The highest BCUT2D eigenvalue weighted by Crippen LogP contribution is 2.30. The molecule has 4 rings (SSSR count). The molecule has 0 saturated heterocycles. The Morgan fingerprint density at radius 1 is 0.933 bits per heavy atom. The van der Waals surface area contributed by atoms with E-state index < -0.39 is 12.0 Å². The summed E-state index contributed by atoms with van der Waals surface area (Å²) in [5.74, 6) is -0.0620. The van der Waals surface area contributed by atoms with E-state index in [2.05, 4.69) is 24.3 Å². The Kier molecular flexibility index (Phi) is 5.84. The minimum absolute atomic E-state index is 0.473. The van der Waals surface area contributed by atoms with Gasteiger partial charge in [0.1, 0.15) is 18.4 Å². The maximum absolute atomic E-state index is 12.1. The Balaban J connectivity index is 1.56. The minimum atomic E-state index is -0.824. The fourth-order valence-electron chi connectivity index (χ4n) is 3.73. The van der Waals surface area contributed by atoms with Gasteiger partial charge in [-0.25, -0.2) is 4.79 Å². The normalized spacial score (nSPS) is 12.0. The number of fused-ring (bicyclic) bond motifs is 1. The molecular formula is C26H25NO3. The van der Waals surface area contributed by atoms with Crippen molar-refractivity contribution in [3.05, 3.63) is 102 Å². The molecule has 4 nitrogen and oxygen atoms in total. The molecule has 4 aromatic rings. The fraction of sp³-hybridized carbons (Fsp3) is 0.192. The van der Waals surface area contributed by atoms with Gasteiger partial charge in [-0.2, -0.15) is 0 Å². The van der Waals surface area contributed by atoms with Gasteiger partial charge < -0.3 is 14.4 Å². The molecule has 0 fully saturated rings. The monoisotopic (exact) mass is 399 g/mol. The van der Waals surface area contributed by atoms with Crippen molar-refractivity contribution >= 4 is 16.9 Å². The zero-order valence-corrected chi connectivity index (χ0v) is 17.0. The van der Waals surface area contributed by atoms with Crippen LogP contribution in [-0.4, -0.2) is 15.6 Å². The molecule has 1 unspecified atom stereocenters. The highest BCUT2D eigenvalue weighted by Gasteiger charge is 2.21. The maximum atomic E-state index is 12.1. The number of hydrogen-bond acceptors (Lipinski definition) is 2. The van der Waals surface area contributed by atoms with Gasteiger partial charge in [0.25, 0.3) is 0 Å². The van der Waals surface area contributed by atoms with E-state index in [-0.39, 0.29) is 0 Å². The van der Waals surface area contributed by atoms with E-state index in [1.807, 2.05) is 72.3 Å². The third-order valence-corrected chi connectivity index (χ3v) is 5.41. The predicted octanol–water partition coefficient (Wildman–Crippen LogP) is 5.79. The molecule has 0 radical (unpaired) electrons. The smallest absolute Gasteiger partial charge is 0.326 e. The largest absolute Gasteiger partial charge is 0.488 e. The van der Waals surface area contributed by atoms with Gasteiger partial charge in [-0.05, 0) is 49.1 Å². The second kappa shape index (κ2) is 8.87. The molecule has 1 aromatic heterocycles. The maximum Gasteiger partial charge on any atom is 0.326 e. The number of ether oxygens (including phenoxy) is 1. The summed E-state index contributed by atoms with van der Waals surface area (Å²) >= 11 is 0. The Bertz CT molecular complexity index is 1130. The first-order valence-corrected chi connectivity index (χ1v) is 10.2. The van der Waals surface area contributed by atoms with Gasteiger partial charge in [0.15, 0.2) is 0 Å². The van der Waals surface area contributed by atoms with Gasteiger partial charge in [-0.3, -0.25) is 0 Å². The van der Waals surface area contributed by atoms with Gasteiger partial charge >= 0.3 is 5.97 Å². The van der Waals surface area contributed by atoms with Crippen LogP contribution in [0, 0.1) is 6.92 Å². The van der Waals surface area contributed by atoms with Crippen LogP contribution in [-0.2, 0) is 17.8 Å². The van der Waals surface area contributed by atoms with Crippen LogP contribution in [0.3, 0.4) is 0 Å². The zero-order valence-electron chi connectivity index (χ0n) is 17.0. The molecule has 1 atom stereocenters. The summed E-state index contributed by atoms with van der Waals surface area (Å²) in [6.07, 6.45) is 3.09. The molecular weight excluding hydrogens is 374 g/mol. The summed E-state index contributed by atoms with van der Waals surface area (Å²) in [5.41, 5.74) is 4.32. The summed E-state index contributed by atoms with van der Waals surface area (Å²) in [7, 11) is 0. The summed E-state index contributed by atoms with van der Waals surface area (Å²) in [5, 5.41) is 10.8. The highest BCUT2D eigenvalue weighted by molar-refractivity contribution is 5.88. The SMILES string of the molecule is Cc1ccc(CCC(C(=O)O)n2ccc3c(OCc4ccccc4)cccc32)cc1. The number of nitrogens with zero attached hydrogens (tertiary/aromatic N) is 1. The second-order valence-corrected chi connectivity index (χ2v) is 7.56. The topological polar surface area (TPSA) is 51.5 Å². The lowest BCUT2D eigenvalue weighted by molar-refractivity contribution is -0.141. The van der Waals surface area contributed by atoms with Crippen molar-refractivity contribution < 1.29 is 14.6 Å². The standard InChI is InChI=1S/C26H25NO3/c1-19-10-12-20(13-11-19)14-15-24(26(28)29)27-17-16-22-23(27)8-5-9-25(22)30-18-21-6-3-2-4-7-21/h2-13,16-17,24H,14-15,18H2,1H3,(H,28,29). The Labute approximate surface area is 176 Å². The van der Waals surface area contributed by atoms with Crippen LogP contribution in [0.1, 0.15) is 29.2 Å². The number of rotatable bonds is 8. The van der Waals surface area contributed by atoms with Crippen molar-refractivity contribution in [1.29, 1.82) is 0 Å². The molecule has 30 heavy (non-hydrogen) atoms. The van der Waals surface area contributed by atoms with Crippen LogP contribution >= 0.6 is 0 Å². The molecule has 4 heteroatoms. The average molecular weight is 399 g/mol. The lowest BCUT2D eigenvalue weighted by atomic mass is 10.0. The quantitative estimate of drug-likeness (QED) is 0.408. The van der Waals surface area contributed by atoms with Crippen molar-refractivity contribution in [2.24, 2.45) is 0 Å². The van der Waals surface area contributed by atoms with E-state index in [9.17, 15) is 9.90 Å². The van der Waals surface area contributed by atoms with E-state index in [1.54, 1.807) is 0 Å². The van der Waals surface area contributed by atoms with E-state index >= 15 is 0 Å². The molecule has 0 amide bonds. The molecule has 0 aliphatic heterocycles. The third kappa shape index (κ3) is 4.38. The molecule has 0 bridgehead atoms. The van der Waals surface area contributed by atoms with Crippen LogP contribution in [0.4, 0.5) is 0 Å². The summed E-state index contributed by atoms with van der Waals surface area (Å²) in [6, 6.07) is 25.4. The molecule has 0 spiro atoms. The van der Waals surface area contributed by atoms with Crippen LogP contribution < -0.4 is 4.74 Å². The lowest BCUT2D eigenvalue weighted by Crippen LogP contribution is -2.19.